The van der Waals surface area contributed by atoms with Gasteiger partial charge in [0.05, 0.1) is 0 Å². The van der Waals surface area contributed by atoms with Crippen LogP contribution in [0.4, 0.5) is 0 Å². The zero-order valence-corrected chi connectivity index (χ0v) is 16.4. The van der Waals surface area contributed by atoms with Crippen LogP contribution in [-0.2, 0) is 19.5 Å². The third-order valence-corrected chi connectivity index (χ3v) is 3.08. The van der Waals surface area contributed by atoms with Crippen LogP contribution in [-0.4, -0.2) is 0 Å². The van der Waals surface area contributed by atoms with Gasteiger partial charge in [0.2, 0.25) is 0 Å². The second-order valence-corrected chi connectivity index (χ2v) is 5.16. The van der Waals surface area contributed by atoms with Crippen molar-refractivity contribution >= 4 is 0 Å². The Hall–Kier alpha value is -0.0966. The largest absolute Gasteiger partial charge is 2.00 e. The third kappa shape index (κ3) is 13.3. The summed E-state index contributed by atoms with van der Waals surface area (Å²) in [6.45, 7) is 6.54. The maximum atomic E-state index is 2.27. The molecule has 0 spiro atoms. The first-order chi connectivity index (χ1) is 8.70. The molecule has 3 heteroatoms. The van der Waals surface area contributed by atoms with Crippen molar-refractivity contribution < 1.29 is 44.3 Å². The van der Waals surface area contributed by atoms with Gasteiger partial charge in [0.15, 0.2) is 0 Å². The summed E-state index contributed by atoms with van der Waals surface area (Å²) in [5.74, 6) is 0.653. The Morgan fingerprint density at radius 1 is 0.714 bits per heavy atom. The van der Waals surface area contributed by atoms with Crippen molar-refractivity contribution in [2.24, 2.45) is 0 Å². The molecule has 2 rings (SSSR count). The van der Waals surface area contributed by atoms with Crippen LogP contribution in [0.5, 0.6) is 0 Å². The molecule has 0 nitrogen and oxygen atoms in total. The van der Waals surface area contributed by atoms with E-state index in [-0.39, 0.29) is 44.3 Å². The van der Waals surface area contributed by atoms with Crippen molar-refractivity contribution in [1.29, 1.82) is 0 Å². The fraction of sp³-hybridized carbons (Fsp3) is 0.444. The second-order valence-electron chi connectivity index (χ2n) is 5.16. The zero-order chi connectivity index (χ0) is 13.2. The van der Waals surface area contributed by atoms with Gasteiger partial charge in [-0.25, -0.2) is 0 Å². The van der Waals surface area contributed by atoms with Crippen LogP contribution in [0, 0.1) is 6.92 Å². The van der Waals surface area contributed by atoms with E-state index in [1.807, 2.05) is 0 Å². The first kappa shape index (κ1) is 25.8. The first-order valence-corrected chi connectivity index (χ1v) is 7.06. The van der Waals surface area contributed by atoms with Gasteiger partial charge in [0, 0.05) is 0 Å². The van der Waals surface area contributed by atoms with Crippen LogP contribution in [0.25, 0.3) is 0 Å². The maximum absolute atomic E-state index is 2.27. The Bertz CT molecular complexity index is 355. The van der Waals surface area contributed by atoms with Crippen molar-refractivity contribution in [1.82, 2.24) is 0 Å². The summed E-state index contributed by atoms with van der Waals surface area (Å²) in [5.41, 5.74) is 2.76. The molecule has 0 bridgehead atoms. The van der Waals surface area contributed by atoms with Crippen molar-refractivity contribution in [3.8, 4) is 0 Å². The van der Waals surface area contributed by atoms with Crippen LogP contribution in [0.15, 0.2) is 48.6 Å². The smallest absolute Gasteiger partial charge is 1.00 e. The van der Waals surface area contributed by atoms with E-state index in [2.05, 4.69) is 69.3 Å². The van der Waals surface area contributed by atoms with Crippen molar-refractivity contribution in [2.45, 2.75) is 52.4 Å². The molecule has 0 atom stereocenters. The number of benzene rings is 1. The van der Waals surface area contributed by atoms with E-state index in [1.54, 1.807) is 0 Å². The molecule has 0 saturated heterocycles. The average Bonchev–Trinajstić information content (AvgIpc) is 2.29. The second kappa shape index (κ2) is 16.3. The first-order valence-electron chi connectivity index (χ1n) is 7.06. The predicted molar refractivity (Wildman–Crippen MR) is 82.0 cm³/mol. The summed E-state index contributed by atoms with van der Waals surface area (Å²) < 4.78 is 0. The zero-order valence-electron chi connectivity index (χ0n) is 13.1. The number of hydrogen-bond acceptors (Lipinski definition) is 0. The van der Waals surface area contributed by atoms with E-state index >= 15 is 0 Å². The average molecular weight is 414 g/mol. The fourth-order valence-electron chi connectivity index (χ4n) is 1.81. The third-order valence-electron chi connectivity index (χ3n) is 3.08. The molecule has 1 aromatic carbocycles. The van der Waals surface area contributed by atoms with Crippen molar-refractivity contribution in [3.63, 3.8) is 0 Å². The summed E-state index contributed by atoms with van der Waals surface area (Å²) in [6, 6.07) is 8.71. The van der Waals surface area contributed by atoms with Gasteiger partial charge >= 0.3 is 19.5 Å². The molecule has 0 unspecified atom stereocenters. The standard InChI is InChI=1S/C10H14.C8H12.2ClH.Ru/c1-8(2)10-6-4-9(3)5-7-10;1-2-4-6-8-7-5-3-1;;;/h4-8H,1-3H3;1-2,7-8H,3-6H2;2*1H;/q;;;;+2/p-2/b;2-1-,8-7-;;;. The molecule has 120 valence electrons. The summed E-state index contributed by atoms with van der Waals surface area (Å²) in [5, 5.41) is 0. The number of aryl methyl sites for hydroxylation is 1. The van der Waals surface area contributed by atoms with Gasteiger partial charge in [-0.3, -0.25) is 0 Å². The van der Waals surface area contributed by atoms with Gasteiger partial charge in [0.25, 0.3) is 0 Å². The van der Waals surface area contributed by atoms with Gasteiger partial charge in [0.1, 0.15) is 0 Å². The van der Waals surface area contributed by atoms with Crippen LogP contribution >= 0.6 is 0 Å². The summed E-state index contributed by atoms with van der Waals surface area (Å²) >= 11 is 0. The van der Waals surface area contributed by atoms with Gasteiger partial charge in [-0.1, -0.05) is 68.0 Å². The number of rotatable bonds is 1. The molecule has 0 fully saturated rings. The molecule has 0 aromatic heterocycles. The SMILES string of the molecule is C1=C\CC/C=C\CC/1.Cc1ccc(C(C)C)cc1.[Cl-].[Cl-].[Ru+2]. The molecule has 1 aromatic rings. The fourth-order valence-corrected chi connectivity index (χ4v) is 1.81. The van der Waals surface area contributed by atoms with Crippen LogP contribution in [0.1, 0.15) is 56.6 Å². The molecule has 1 aliphatic carbocycles. The number of halogens is 2. The molecule has 1 aliphatic rings. The van der Waals surface area contributed by atoms with Gasteiger partial charge < -0.3 is 24.8 Å². The van der Waals surface area contributed by atoms with Gasteiger partial charge in [-0.05, 0) is 44.1 Å². The van der Waals surface area contributed by atoms with E-state index in [1.165, 1.54) is 36.8 Å². The van der Waals surface area contributed by atoms with Crippen molar-refractivity contribution in [2.75, 3.05) is 0 Å². The Morgan fingerprint density at radius 2 is 1.05 bits per heavy atom. The summed E-state index contributed by atoms with van der Waals surface area (Å²) in [7, 11) is 0. The quantitative estimate of drug-likeness (QED) is 0.441. The molecule has 0 radical (unpaired) electrons. The minimum absolute atomic E-state index is 0. The molecule has 0 saturated carbocycles. The minimum atomic E-state index is 0. The molecule has 21 heavy (non-hydrogen) atoms. The maximum Gasteiger partial charge on any atom is 2.00 e. The Kier molecular flexibility index (Phi) is 20.0. The Labute approximate surface area is 156 Å². The summed E-state index contributed by atoms with van der Waals surface area (Å²) in [6.07, 6.45) is 14.0. The molecular formula is C18H26Cl2Ru. The van der Waals surface area contributed by atoms with E-state index in [9.17, 15) is 0 Å². The molecule has 0 heterocycles. The van der Waals surface area contributed by atoms with Crippen LogP contribution < -0.4 is 24.8 Å². The van der Waals surface area contributed by atoms with E-state index in [4.69, 9.17) is 0 Å². The Morgan fingerprint density at radius 3 is 1.33 bits per heavy atom. The van der Waals surface area contributed by atoms with Crippen LogP contribution in [0.3, 0.4) is 0 Å². The van der Waals surface area contributed by atoms with Gasteiger partial charge in [-0.2, -0.15) is 0 Å². The molecule has 0 N–H and O–H groups in total. The topological polar surface area (TPSA) is 0 Å². The number of hydrogen-bond donors (Lipinski definition) is 0. The van der Waals surface area contributed by atoms with Crippen LogP contribution in [0.2, 0.25) is 0 Å². The number of allylic oxidation sites excluding steroid dienone is 4. The summed E-state index contributed by atoms with van der Waals surface area (Å²) in [4.78, 5) is 0. The normalized spacial score (nSPS) is 15.6. The Balaban J connectivity index is -0.000000274. The monoisotopic (exact) mass is 414 g/mol. The van der Waals surface area contributed by atoms with E-state index in [0.717, 1.165) is 0 Å². The van der Waals surface area contributed by atoms with E-state index < -0.39 is 0 Å². The molecule has 0 amide bonds. The molecular weight excluding hydrogens is 388 g/mol. The van der Waals surface area contributed by atoms with Crippen molar-refractivity contribution in [3.05, 3.63) is 59.7 Å². The van der Waals surface area contributed by atoms with E-state index in [0.29, 0.717) is 5.92 Å². The minimum Gasteiger partial charge on any atom is -1.00 e. The van der Waals surface area contributed by atoms with Gasteiger partial charge in [-0.15, -0.1) is 0 Å². The predicted octanol–water partition coefficient (Wildman–Crippen LogP) is -0.203. The molecule has 0 aliphatic heterocycles.